The van der Waals surface area contributed by atoms with Gasteiger partial charge in [-0.25, -0.2) is 0 Å². The van der Waals surface area contributed by atoms with Crippen molar-refractivity contribution >= 4 is 6.29 Å². The van der Waals surface area contributed by atoms with Crippen molar-refractivity contribution in [2.24, 2.45) is 11.8 Å². The Bertz CT molecular complexity index is 127. The Labute approximate surface area is 55.8 Å². The second kappa shape index (κ2) is 2.81. The van der Waals surface area contributed by atoms with E-state index in [1.54, 1.807) is 0 Å². The molecular formula is C8H12O. The predicted octanol–water partition coefficient (Wildman–Crippen LogP) is 1.79. The first-order valence-corrected chi connectivity index (χ1v) is 3.46. The van der Waals surface area contributed by atoms with Crippen molar-refractivity contribution in [1.29, 1.82) is 0 Å². The molecule has 1 aliphatic rings. The summed E-state index contributed by atoms with van der Waals surface area (Å²) in [7, 11) is 0. The van der Waals surface area contributed by atoms with Crippen LogP contribution in [-0.2, 0) is 4.79 Å². The van der Waals surface area contributed by atoms with E-state index in [1.165, 1.54) is 0 Å². The van der Waals surface area contributed by atoms with Crippen LogP contribution in [-0.4, -0.2) is 6.29 Å². The van der Waals surface area contributed by atoms with Gasteiger partial charge in [-0.3, -0.25) is 0 Å². The molecule has 0 aromatic heterocycles. The van der Waals surface area contributed by atoms with E-state index in [-0.39, 0.29) is 5.92 Å². The first-order valence-electron chi connectivity index (χ1n) is 3.46. The molecule has 1 rings (SSSR count). The largest absolute Gasteiger partial charge is 0.303 e. The maximum Gasteiger partial charge on any atom is 0.123 e. The maximum absolute atomic E-state index is 10.3. The summed E-state index contributed by atoms with van der Waals surface area (Å²) in [5, 5.41) is 0. The summed E-state index contributed by atoms with van der Waals surface area (Å²) in [6.07, 6.45) is 7.48. The lowest BCUT2D eigenvalue weighted by molar-refractivity contribution is -0.112. The third-order valence-corrected chi connectivity index (χ3v) is 1.96. The van der Waals surface area contributed by atoms with Crippen LogP contribution < -0.4 is 0 Å². The molecule has 0 unspecified atom stereocenters. The van der Waals surface area contributed by atoms with E-state index in [9.17, 15) is 4.79 Å². The molecule has 1 heteroatoms. The van der Waals surface area contributed by atoms with Crippen LogP contribution in [0.25, 0.3) is 0 Å². The molecule has 0 spiro atoms. The fourth-order valence-corrected chi connectivity index (χ4v) is 1.20. The summed E-state index contributed by atoms with van der Waals surface area (Å²) in [5.41, 5.74) is 0. The van der Waals surface area contributed by atoms with E-state index in [0.717, 1.165) is 19.1 Å². The minimum absolute atomic E-state index is 0.287. The lowest BCUT2D eigenvalue weighted by Crippen LogP contribution is -2.13. The fraction of sp³-hybridized carbons (Fsp3) is 0.625. The normalized spacial score (nSPS) is 34.3. The highest BCUT2D eigenvalue weighted by Gasteiger charge is 2.15. The van der Waals surface area contributed by atoms with Crippen molar-refractivity contribution < 1.29 is 4.79 Å². The van der Waals surface area contributed by atoms with Gasteiger partial charge in [0.25, 0.3) is 0 Å². The molecule has 0 N–H and O–H groups in total. The summed E-state index contributed by atoms with van der Waals surface area (Å²) in [6.45, 7) is 2.09. The van der Waals surface area contributed by atoms with Crippen LogP contribution in [0, 0.1) is 11.8 Å². The topological polar surface area (TPSA) is 17.1 Å². The molecule has 0 aromatic carbocycles. The van der Waals surface area contributed by atoms with Gasteiger partial charge >= 0.3 is 0 Å². The van der Waals surface area contributed by atoms with Crippen molar-refractivity contribution in [1.82, 2.24) is 0 Å². The fourth-order valence-electron chi connectivity index (χ4n) is 1.20. The highest BCUT2D eigenvalue weighted by atomic mass is 16.1. The van der Waals surface area contributed by atoms with Gasteiger partial charge in [0.05, 0.1) is 0 Å². The molecule has 1 aliphatic carbocycles. The molecule has 0 aromatic rings. The molecule has 0 amide bonds. The van der Waals surface area contributed by atoms with E-state index in [2.05, 4.69) is 19.1 Å². The summed E-state index contributed by atoms with van der Waals surface area (Å²) < 4.78 is 0. The second-order valence-electron chi connectivity index (χ2n) is 2.66. The Morgan fingerprint density at radius 1 is 1.67 bits per heavy atom. The molecule has 2 atom stereocenters. The van der Waals surface area contributed by atoms with Gasteiger partial charge in [0.15, 0.2) is 0 Å². The number of aldehydes is 1. The summed E-state index contributed by atoms with van der Waals surface area (Å²) in [5.74, 6) is 0.756. The van der Waals surface area contributed by atoms with Crippen LogP contribution in [0.5, 0.6) is 0 Å². The highest BCUT2D eigenvalue weighted by molar-refractivity contribution is 5.54. The lowest BCUT2D eigenvalue weighted by Gasteiger charge is -2.17. The molecule has 0 saturated carbocycles. The monoisotopic (exact) mass is 124 g/mol. The first-order chi connectivity index (χ1) is 4.34. The molecule has 0 saturated heterocycles. The number of hydrogen-bond acceptors (Lipinski definition) is 1. The van der Waals surface area contributed by atoms with Crippen LogP contribution in [0.15, 0.2) is 12.2 Å². The van der Waals surface area contributed by atoms with Gasteiger partial charge in [0.1, 0.15) is 6.29 Å². The number of rotatable bonds is 1. The summed E-state index contributed by atoms with van der Waals surface area (Å²) in [6, 6.07) is 0. The van der Waals surface area contributed by atoms with Gasteiger partial charge in [-0.2, -0.15) is 0 Å². The van der Waals surface area contributed by atoms with E-state index in [4.69, 9.17) is 0 Å². The third kappa shape index (κ3) is 1.41. The minimum atomic E-state index is 0.287. The smallest absolute Gasteiger partial charge is 0.123 e. The minimum Gasteiger partial charge on any atom is -0.303 e. The van der Waals surface area contributed by atoms with Crippen molar-refractivity contribution in [3.63, 3.8) is 0 Å². The first kappa shape index (κ1) is 6.53. The van der Waals surface area contributed by atoms with Crippen LogP contribution in [0.1, 0.15) is 19.8 Å². The standard InChI is InChI=1S/C8H12O/c1-7-4-2-3-5-8(7)6-9/h2,4,6-8H,3,5H2,1H3/t7-,8-/m0/s1. The molecule has 0 bridgehead atoms. The molecule has 9 heavy (non-hydrogen) atoms. The number of carbonyl (C=O) groups is 1. The Hall–Kier alpha value is -0.590. The molecule has 50 valence electrons. The van der Waals surface area contributed by atoms with Crippen molar-refractivity contribution in [3.8, 4) is 0 Å². The molecule has 0 fully saturated rings. The quantitative estimate of drug-likeness (QED) is 0.384. The Morgan fingerprint density at radius 3 is 2.89 bits per heavy atom. The summed E-state index contributed by atoms with van der Waals surface area (Å²) >= 11 is 0. The van der Waals surface area contributed by atoms with E-state index in [0.29, 0.717) is 5.92 Å². The average molecular weight is 124 g/mol. The molecule has 0 aliphatic heterocycles. The second-order valence-corrected chi connectivity index (χ2v) is 2.66. The van der Waals surface area contributed by atoms with E-state index >= 15 is 0 Å². The van der Waals surface area contributed by atoms with Crippen LogP contribution in [0.3, 0.4) is 0 Å². The molecule has 1 nitrogen and oxygen atoms in total. The SMILES string of the molecule is C[C@H]1C=CCC[C@H]1C=O. The number of allylic oxidation sites excluding steroid dienone is 2. The highest BCUT2D eigenvalue weighted by Crippen LogP contribution is 2.21. The van der Waals surface area contributed by atoms with Gasteiger partial charge in [0, 0.05) is 5.92 Å². The zero-order valence-electron chi connectivity index (χ0n) is 5.71. The predicted molar refractivity (Wildman–Crippen MR) is 37.1 cm³/mol. The van der Waals surface area contributed by atoms with Crippen LogP contribution in [0.2, 0.25) is 0 Å². The number of hydrogen-bond donors (Lipinski definition) is 0. The Kier molecular flexibility index (Phi) is 2.04. The van der Waals surface area contributed by atoms with Gasteiger partial charge in [0.2, 0.25) is 0 Å². The Balaban J connectivity index is 2.54. The molecule has 0 radical (unpaired) electrons. The van der Waals surface area contributed by atoms with Crippen molar-refractivity contribution in [2.45, 2.75) is 19.8 Å². The molecule has 0 heterocycles. The van der Waals surface area contributed by atoms with Gasteiger partial charge in [-0.05, 0) is 18.8 Å². The molecular weight excluding hydrogens is 112 g/mol. The van der Waals surface area contributed by atoms with Crippen LogP contribution >= 0.6 is 0 Å². The Morgan fingerprint density at radius 2 is 2.44 bits per heavy atom. The summed E-state index contributed by atoms with van der Waals surface area (Å²) in [4.78, 5) is 10.3. The van der Waals surface area contributed by atoms with E-state index < -0.39 is 0 Å². The third-order valence-electron chi connectivity index (χ3n) is 1.96. The average Bonchev–Trinajstić information content (AvgIpc) is 1.89. The van der Waals surface area contributed by atoms with Gasteiger partial charge < -0.3 is 4.79 Å². The van der Waals surface area contributed by atoms with Crippen LogP contribution in [0.4, 0.5) is 0 Å². The number of carbonyl (C=O) groups excluding carboxylic acids is 1. The zero-order chi connectivity index (χ0) is 6.69. The van der Waals surface area contributed by atoms with Crippen molar-refractivity contribution in [2.75, 3.05) is 0 Å². The van der Waals surface area contributed by atoms with E-state index in [1.807, 2.05) is 0 Å². The lowest BCUT2D eigenvalue weighted by atomic mass is 9.87. The maximum atomic E-state index is 10.3. The zero-order valence-corrected chi connectivity index (χ0v) is 5.71. The van der Waals surface area contributed by atoms with Gasteiger partial charge in [-0.15, -0.1) is 0 Å². The van der Waals surface area contributed by atoms with Crippen molar-refractivity contribution in [3.05, 3.63) is 12.2 Å². The van der Waals surface area contributed by atoms with Gasteiger partial charge in [-0.1, -0.05) is 19.1 Å².